The van der Waals surface area contributed by atoms with Gasteiger partial charge in [-0.1, -0.05) is 119 Å². The van der Waals surface area contributed by atoms with E-state index in [9.17, 15) is 0 Å². The first-order valence-electron chi connectivity index (χ1n) is 22.8. The summed E-state index contributed by atoms with van der Waals surface area (Å²) in [5.41, 5.74) is 18.6. The second-order valence-corrected chi connectivity index (χ2v) is 23.6. The van der Waals surface area contributed by atoms with Crippen LogP contribution in [0.3, 0.4) is 0 Å². The number of anilines is 9. The Bertz CT molecular complexity index is 2310. The smallest absolute Gasteiger partial charge is 0.0948 e. The molecule has 5 aromatic rings. The van der Waals surface area contributed by atoms with E-state index in [0.717, 1.165) is 17.8 Å². The molecule has 0 saturated heterocycles. The first kappa shape index (κ1) is 38.7. The third-order valence-electron chi connectivity index (χ3n) is 15.0. The molecule has 0 radical (unpaired) electrons. The van der Waals surface area contributed by atoms with Crippen LogP contribution in [-0.4, -0.2) is 0 Å². The van der Waals surface area contributed by atoms with Gasteiger partial charge in [0.25, 0.3) is 0 Å². The highest BCUT2D eigenvalue weighted by molar-refractivity contribution is 6.12. The molecule has 4 bridgehead atoms. The zero-order valence-electron chi connectivity index (χ0n) is 38.1. The van der Waals surface area contributed by atoms with Crippen molar-refractivity contribution in [2.75, 3.05) is 14.7 Å². The van der Waals surface area contributed by atoms with Gasteiger partial charge in [0.05, 0.1) is 39.8 Å². The third-order valence-corrected chi connectivity index (χ3v) is 15.0. The Morgan fingerprint density at radius 3 is 1.14 bits per heavy atom. The fourth-order valence-electron chi connectivity index (χ4n) is 12.1. The number of benzene rings is 5. The van der Waals surface area contributed by atoms with Gasteiger partial charge >= 0.3 is 0 Å². The Morgan fingerprint density at radius 2 is 0.763 bits per heavy atom. The first-order valence-corrected chi connectivity index (χ1v) is 22.8. The molecule has 306 valence electrons. The van der Waals surface area contributed by atoms with Crippen LogP contribution >= 0.6 is 0 Å². The van der Waals surface area contributed by atoms with Gasteiger partial charge in [-0.25, -0.2) is 0 Å². The Kier molecular flexibility index (Phi) is 8.37. The van der Waals surface area contributed by atoms with Crippen molar-refractivity contribution >= 4 is 51.2 Å². The molecule has 0 N–H and O–H groups in total. The second-order valence-electron chi connectivity index (χ2n) is 23.6. The maximum Gasteiger partial charge on any atom is 0.0948 e. The lowest BCUT2D eigenvalue weighted by Crippen LogP contribution is -2.48. The van der Waals surface area contributed by atoms with Crippen molar-refractivity contribution in [2.45, 2.75) is 149 Å². The van der Waals surface area contributed by atoms with E-state index >= 15 is 0 Å². The zero-order chi connectivity index (χ0) is 41.6. The Morgan fingerprint density at radius 1 is 0.390 bits per heavy atom. The number of rotatable bonds is 3. The summed E-state index contributed by atoms with van der Waals surface area (Å²) in [6, 6.07) is 38.9. The Hall–Kier alpha value is -4.50. The highest BCUT2D eigenvalue weighted by Crippen LogP contribution is 2.67. The lowest BCUT2D eigenvalue weighted by molar-refractivity contribution is -0.00514. The van der Waals surface area contributed by atoms with Gasteiger partial charge in [0.1, 0.15) is 0 Å². The normalized spacial score (nSPS) is 23.3. The summed E-state index contributed by atoms with van der Waals surface area (Å²) in [7, 11) is 0. The highest BCUT2D eigenvalue weighted by atomic mass is 15.3. The summed E-state index contributed by atoms with van der Waals surface area (Å²) in [5, 5.41) is 0. The SMILES string of the molecule is CC(C)(C)c1cccc(N2c3cc(C(C)(C)C)ccc3N3c4ccc(C(C)(C)C)cc4N(c4cccc(C(C)(C)C)c4)c4cc(C56CC7CC(CC(C7)C5)C6)cc2c43)c1. The molecule has 0 spiro atoms. The minimum atomic E-state index is -0.00325. The average Bonchev–Trinajstić information content (AvgIpc) is 3.15. The largest absolute Gasteiger partial charge is 0.306 e. The first-order chi connectivity index (χ1) is 27.7. The lowest BCUT2D eigenvalue weighted by Gasteiger charge is -2.57. The van der Waals surface area contributed by atoms with E-state index in [2.05, 4.69) is 195 Å². The van der Waals surface area contributed by atoms with Crippen LogP contribution in [-0.2, 0) is 27.1 Å². The second kappa shape index (κ2) is 12.8. The molecule has 2 heterocycles. The molecule has 0 amide bonds. The van der Waals surface area contributed by atoms with E-state index in [1.165, 1.54) is 112 Å². The summed E-state index contributed by atoms with van der Waals surface area (Å²) in [6.45, 7) is 28.2. The quantitative estimate of drug-likeness (QED) is 0.177. The van der Waals surface area contributed by atoms with Crippen molar-refractivity contribution in [1.29, 1.82) is 0 Å². The summed E-state index contributed by atoms with van der Waals surface area (Å²) < 4.78 is 0. The minimum Gasteiger partial charge on any atom is -0.306 e. The predicted molar refractivity (Wildman–Crippen MR) is 252 cm³/mol. The van der Waals surface area contributed by atoms with Crippen LogP contribution in [0.15, 0.2) is 97.1 Å². The monoisotopic (exact) mass is 782 g/mol. The van der Waals surface area contributed by atoms with E-state index in [-0.39, 0.29) is 27.1 Å². The van der Waals surface area contributed by atoms with Gasteiger partial charge in [-0.2, -0.15) is 0 Å². The van der Waals surface area contributed by atoms with E-state index in [4.69, 9.17) is 0 Å². The van der Waals surface area contributed by atoms with Crippen molar-refractivity contribution in [2.24, 2.45) is 17.8 Å². The van der Waals surface area contributed by atoms with E-state index in [1.54, 1.807) is 5.56 Å². The molecule has 0 atom stereocenters. The van der Waals surface area contributed by atoms with Crippen LogP contribution in [0.4, 0.5) is 51.2 Å². The molecule has 0 aromatic heterocycles. The maximum absolute atomic E-state index is 2.69. The van der Waals surface area contributed by atoms with Gasteiger partial charge in [0.2, 0.25) is 0 Å². The van der Waals surface area contributed by atoms with Crippen LogP contribution in [0, 0.1) is 17.8 Å². The zero-order valence-corrected chi connectivity index (χ0v) is 38.1. The molecular weight excluding hydrogens is 715 g/mol. The number of fused-ring (bicyclic) bond motifs is 4. The van der Waals surface area contributed by atoms with Crippen LogP contribution in [0.25, 0.3) is 0 Å². The predicted octanol–water partition coefficient (Wildman–Crippen LogP) is 16.4. The minimum absolute atomic E-state index is 0.00325. The molecule has 3 nitrogen and oxygen atoms in total. The number of hydrogen-bond donors (Lipinski definition) is 0. The number of nitrogens with zero attached hydrogens (tertiary/aromatic N) is 3. The van der Waals surface area contributed by atoms with Gasteiger partial charge in [-0.15, -0.1) is 0 Å². The summed E-state index contributed by atoms with van der Waals surface area (Å²) >= 11 is 0. The molecule has 2 aliphatic heterocycles. The molecule has 4 aliphatic carbocycles. The molecule has 4 saturated carbocycles. The molecular formula is C56H67N3. The third kappa shape index (κ3) is 6.26. The molecule has 6 aliphatic rings. The van der Waals surface area contributed by atoms with Crippen molar-refractivity contribution in [3.8, 4) is 0 Å². The van der Waals surface area contributed by atoms with Crippen LogP contribution in [0.2, 0.25) is 0 Å². The van der Waals surface area contributed by atoms with Crippen molar-refractivity contribution < 1.29 is 0 Å². The molecule has 0 unspecified atom stereocenters. The Balaban J connectivity index is 1.33. The van der Waals surface area contributed by atoms with Crippen molar-refractivity contribution in [1.82, 2.24) is 0 Å². The average molecular weight is 782 g/mol. The lowest BCUT2D eigenvalue weighted by atomic mass is 9.48. The standard InChI is InChI=1S/C56H67N3/c1-52(2,3)38-15-13-17-43(26-38)57-47-28-40(54(7,8)9)19-21-45(47)59-46-22-20-41(55(10,11)12)29-48(46)58(44-18-14-16-39(27-44)53(4,5)6)50-31-42(30-49(57)51(50)59)56-32-35-23-36(33-56)25-37(24-35)34-56/h13-22,26-31,35-37H,23-25,32-34H2,1-12H3. The molecule has 11 rings (SSSR count). The van der Waals surface area contributed by atoms with Crippen LogP contribution < -0.4 is 14.7 Å². The summed E-state index contributed by atoms with van der Waals surface area (Å²) in [6.07, 6.45) is 8.30. The van der Waals surface area contributed by atoms with E-state index in [1.807, 2.05) is 0 Å². The highest BCUT2D eigenvalue weighted by Gasteiger charge is 2.53. The van der Waals surface area contributed by atoms with Gasteiger partial charge in [-0.3, -0.25) is 0 Å². The number of hydrogen-bond acceptors (Lipinski definition) is 3. The molecule has 4 fully saturated rings. The summed E-state index contributed by atoms with van der Waals surface area (Å²) in [4.78, 5) is 7.97. The van der Waals surface area contributed by atoms with Gasteiger partial charge < -0.3 is 14.7 Å². The van der Waals surface area contributed by atoms with E-state index < -0.39 is 0 Å². The van der Waals surface area contributed by atoms with Crippen LogP contribution in [0.1, 0.15) is 149 Å². The van der Waals surface area contributed by atoms with Crippen molar-refractivity contribution in [3.63, 3.8) is 0 Å². The molecule has 5 aromatic carbocycles. The fraction of sp³-hybridized carbons (Fsp3) is 0.464. The molecule has 59 heavy (non-hydrogen) atoms. The topological polar surface area (TPSA) is 9.72 Å². The van der Waals surface area contributed by atoms with Gasteiger partial charge in [0.15, 0.2) is 0 Å². The Labute approximate surface area is 355 Å². The van der Waals surface area contributed by atoms with Crippen molar-refractivity contribution in [3.05, 3.63) is 125 Å². The summed E-state index contributed by atoms with van der Waals surface area (Å²) in [5.74, 6) is 2.57. The van der Waals surface area contributed by atoms with Gasteiger partial charge in [0, 0.05) is 11.4 Å². The van der Waals surface area contributed by atoms with E-state index in [0.29, 0.717) is 0 Å². The fourth-order valence-corrected chi connectivity index (χ4v) is 12.1. The molecule has 3 heteroatoms. The van der Waals surface area contributed by atoms with Crippen LogP contribution in [0.5, 0.6) is 0 Å². The van der Waals surface area contributed by atoms with Gasteiger partial charge in [-0.05, 0) is 172 Å². The maximum atomic E-state index is 2.69.